The third-order valence-electron chi connectivity index (χ3n) is 5.22. The number of hydrogen-bond acceptors (Lipinski definition) is 4. The van der Waals surface area contributed by atoms with Gasteiger partial charge in [0.05, 0.1) is 25.6 Å². The summed E-state index contributed by atoms with van der Waals surface area (Å²) in [5.74, 6) is 1.26. The third kappa shape index (κ3) is 4.21. The Bertz CT molecular complexity index is 366. The van der Waals surface area contributed by atoms with E-state index in [1.165, 1.54) is 7.11 Å². The zero-order valence-corrected chi connectivity index (χ0v) is 13.3. The molecule has 0 aromatic rings. The highest BCUT2D eigenvalue weighted by Crippen LogP contribution is 2.45. The first kappa shape index (κ1) is 16.3. The van der Waals surface area contributed by atoms with Crippen LogP contribution in [0.15, 0.2) is 0 Å². The molecule has 120 valence electrons. The van der Waals surface area contributed by atoms with E-state index >= 15 is 0 Å². The van der Waals surface area contributed by atoms with E-state index < -0.39 is 0 Å². The SMILES string of the molecule is CCCCOC(=O)C1CCC2CC(C(=O)OC)CCC2C1. The molecule has 4 heteroatoms. The monoisotopic (exact) mass is 296 g/mol. The molecule has 4 nitrogen and oxygen atoms in total. The highest BCUT2D eigenvalue weighted by Gasteiger charge is 2.40. The van der Waals surface area contributed by atoms with Gasteiger partial charge in [-0.1, -0.05) is 13.3 Å². The summed E-state index contributed by atoms with van der Waals surface area (Å²) in [6.07, 6.45) is 7.81. The lowest BCUT2D eigenvalue weighted by atomic mass is 9.65. The molecular weight excluding hydrogens is 268 g/mol. The molecular formula is C17H28O4. The predicted octanol–water partition coefficient (Wildman–Crippen LogP) is 3.34. The van der Waals surface area contributed by atoms with Gasteiger partial charge in [0.1, 0.15) is 0 Å². The lowest BCUT2D eigenvalue weighted by Crippen LogP contribution is -2.36. The minimum atomic E-state index is -0.0606. The Hall–Kier alpha value is -1.06. The summed E-state index contributed by atoms with van der Waals surface area (Å²) in [6, 6.07) is 0. The highest BCUT2D eigenvalue weighted by molar-refractivity contribution is 5.73. The fourth-order valence-corrected chi connectivity index (χ4v) is 3.92. The lowest BCUT2D eigenvalue weighted by Gasteiger charge is -2.40. The maximum Gasteiger partial charge on any atom is 0.308 e. The van der Waals surface area contributed by atoms with Crippen LogP contribution >= 0.6 is 0 Å². The van der Waals surface area contributed by atoms with Crippen molar-refractivity contribution in [2.75, 3.05) is 13.7 Å². The molecule has 2 rings (SSSR count). The molecule has 0 spiro atoms. The molecule has 2 saturated carbocycles. The van der Waals surface area contributed by atoms with E-state index in [4.69, 9.17) is 9.47 Å². The first-order valence-electron chi connectivity index (χ1n) is 8.40. The number of hydrogen-bond donors (Lipinski definition) is 0. The molecule has 0 heterocycles. The number of esters is 2. The van der Waals surface area contributed by atoms with Crippen LogP contribution in [0.2, 0.25) is 0 Å². The van der Waals surface area contributed by atoms with Gasteiger partial charge in [0.2, 0.25) is 0 Å². The summed E-state index contributed by atoms with van der Waals surface area (Å²) in [5.41, 5.74) is 0. The van der Waals surface area contributed by atoms with E-state index in [1.807, 2.05) is 0 Å². The molecule has 21 heavy (non-hydrogen) atoms. The first-order chi connectivity index (χ1) is 10.2. The van der Waals surface area contributed by atoms with Crippen LogP contribution in [0, 0.1) is 23.7 Å². The number of methoxy groups -OCH3 is 1. The Labute approximate surface area is 127 Å². The van der Waals surface area contributed by atoms with E-state index in [2.05, 4.69) is 6.92 Å². The number of carbonyl (C=O) groups excluding carboxylic acids is 2. The smallest absolute Gasteiger partial charge is 0.308 e. The van der Waals surface area contributed by atoms with Crippen molar-refractivity contribution < 1.29 is 19.1 Å². The van der Waals surface area contributed by atoms with Crippen LogP contribution in [0.25, 0.3) is 0 Å². The van der Waals surface area contributed by atoms with Crippen molar-refractivity contribution in [3.05, 3.63) is 0 Å². The predicted molar refractivity (Wildman–Crippen MR) is 79.5 cm³/mol. The zero-order valence-electron chi connectivity index (χ0n) is 13.3. The van der Waals surface area contributed by atoms with Crippen LogP contribution in [-0.4, -0.2) is 25.7 Å². The number of ether oxygens (including phenoxy) is 2. The van der Waals surface area contributed by atoms with Gasteiger partial charge >= 0.3 is 11.9 Å². The number of unbranched alkanes of at least 4 members (excludes halogenated alkanes) is 1. The molecule has 0 bridgehead atoms. The average Bonchev–Trinajstić information content (AvgIpc) is 2.53. The van der Waals surface area contributed by atoms with Crippen LogP contribution in [0.4, 0.5) is 0 Å². The van der Waals surface area contributed by atoms with Gasteiger partial charge in [-0.25, -0.2) is 0 Å². The molecule has 0 saturated heterocycles. The Morgan fingerprint density at radius 2 is 1.52 bits per heavy atom. The number of fused-ring (bicyclic) bond motifs is 1. The molecule has 0 aromatic carbocycles. The molecule has 2 fully saturated rings. The van der Waals surface area contributed by atoms with Gasteiger partial charge in [0, 0.05) is 0 Å². The summed E-state index contributed by atoms with van der Waals surface area (Å²) in [7, 11) is 1.47. The topological polar surface area (TPSA) is 52.6 Å². The van der Waals surface area contributed by atoms with Gasteiger partial charge < -0.3 is 9.47 Å². The third-order valence-corrected chi connectivity index (χ3v) is 5.22. The normalized spacial score (nSPS) is 32.1. The molecule has 2 aliphatic rings. The van der Waals surface area contributed by atoms with Crippen molar-refractivity contribution in [2.24, 2.45) is 23.7 Å². The van der Waals surface area contributed by atoms with Gasteiger partial charge in [-0.15, -0.1) is 0 Å². The molecule has 2 aliphatic carbocycles. The van der Waals surface area contributed by atoms with E-state index in [1.54, 1.807) is 0 Å². The van der Waals surface area contributed by atoms with Gasteiger partial charge in [0.15, 0.2) is 0 Å². The summed E-state index contributed by atoms with van der Waals surface area (Å²) in [6.45, 7) is 2.66. The van der Waals surface area contributed by atoms with Crippen molar-refractivity contribution in [3.63, 3.8) is 0 Å². The Morgan fingerprint density at radius 3 is 2.05 bits per heavy atom. The van der Waals surface area contributed by atoms with Crippen molar-refractivity contribution in [3.8, 4) is 0 Å². The van der Waals surface area contributed by atoms with Crippen molar-refractivity contribution >= 4 is 11.9 Å². The van der Waals surface area contributed by atoms with Crippen molar-refractivity contribution in [1.29, 1.82) is 0 Å². The molecule has 0 N–H and O–H groups in total. The summed E-state index contributed by atoms with van der Waals surface area (Å²) >= 11 is 0. The molecule has 0 aliphatic heterocycles. The Morgan fingerprint density at radius 1 is 0.952 bits per heavy atom. The second-order valence-corrected chi connectivity index (χ2v) is 6.58. The van der Waals surface area contributed by atoms with Crippen LogP contribution in [0.3, 0.4) is 0 Å². The van der Waals surface area contributed by atoms with E-state index in [0.29, 0.717) is 18.4 Å². The minimum absolute atomic E-state index is 0.00279. The van der Waals surface area contributed by atoms with Gasteiger partial charge in [-0.05, 0) is 56.8 Å². The van der Waals surface area contributed by atoms with Crippen molar-refractivity contribution in [2.45, 2.75) is 58.3 Å². The lowest BCUT2D eigenvalue weighted by molar-refractivity contribution is -0.153. The maximum atomic E-state index is 12.1. The zero-order chi connectivity index (χ0) is 15.2. The van der Waals surface area contributed by atoms with Crippen LogP contribution in [0.5, 0.6) is 0 Å². The van der Waals surface area contributed by atoms with E-state index in [9.17, 15) is 9.59 Å². The Kier molecular flexibility index (Phi) is 6.07. The minimum Gasteiger partial charge on any atom is -0.469 e. The van der Waals surface area contributed by atoms with Crippen LogP contribution in [-0.2, 0) is 19.1 Å². The largest absolute Gasteiger partial charge is 0.469 e. The highest BCUT2D eigenvalue weighted by atomic mass is 16.5. The molecule has 0 radical (unpaired) electrons. The first-order valence-corrected chi connectivity index (χ1v) is 8.40. The average molecular weight is 296 g/mol. The number of carbonyl (C=O) groups is 2. The summed E-state index contributed by atoms with van der Waals surface area (Å²) in [5, 5.41) is 0. The maximum absolute atomic E-state index is 12.1. The van der Waals surface area contributed by atoms with Gasteiger partial charge in [-0.2, -0.15) is 0 Å². The van der Waals surface area contributed by atoms with Gasteiger partial charge in [-0.3, -0.25) is 9.59 Å². The second-order valence-electron chi connectivity index (χ2n) is 6.58. The molecule has 0 aromatic heterocycles. The van der Waals surface area contributed by atoms with Gasteiger partial charge in [0.25, 0.3) is 0 Å². The summed E-state index contributed by atoms with van der Waals surface area (Å²) < 4.78 is 10.2. The summed E-state index contributed by atoms with van der Waals surface area (Å²) in [4.78, 5) is 23.7. The fraction of sp³-hybridized carbons (Fsp3) is 0.882. The van der Waals surface area contributed by atoms with Crippen LogP contribution < -0.4 is 0 Å². The second kappa shape index (κ2) is 7.81. The Balaban J connectivity index is 1.80. The standard InChI is InChI=1S/C17H28O4/c1-3-4-9-21-17(19)15-8-6-12-10-14(16(18)20-2)7-5-13(12)11-15/h12-15H,3-11H2,1-2H3. The van der Waals surface area contributed by atoms with Crippen molar-refractivity contribution in [1.82, 2.24) is 0 Å². The van der Waals surface area contributed by atoms with E-state index in [-0.39, 0.29) is 23.8 Å². The quantitative estimate of drug-likeness (QED) is 0.577. The van der Waals surface area contributed by atoms with E-state index in [0.717, 1.165) is 51.4 Å². The number of rotatable bonds is 5. The molecule has 4 unspecified atom stereocenters. The fourth-order valence-electron chi connectivity index (χ4n) is 3.92. The van der Waals surface area contributed by atoms with Crippen LogP contribution in [0.1, 0.15) is 58.3 Å². The molecule has 0 amide bonds. The molecule has 4 atom stereocenters.